The fraction of sp³-hybridized carbons (Fsp3) is 0.258. The minimum atomic E-state index is -3.47. The van der Waals surface area contributed by atoms with E-state index in [0.717, 1.165) is 16.8 Å². The molecule has 2 aromatic heterocycles. The summed E-state index contributed by atoms with van der Waals surface area (Å²) in [5.74, 6) is 0.668. The van der Waals surface area contributed by atoms with Crippen LogP contribution in [0.4, 0.5) is 5.69 Å². The molecule has 0 aliphatic rings. The van der Waals surface area contributed by atoms with Crippen LogP contribution in [0.15, 0.2) is 77.0 Å². The molecule has 14 heteroatoms. The Balaban J connectivity index is 1.27. The summed E-state index contributed by atoms with van der Waals surface area (Å²) >= 11 is 7.34. The summed E-state index contributed by atoms with van der Waals surface area (Å²) in [6.45, 7) is 4.44. The van der Waals surface area contributed by atoms with Gasteiger partial charge in [-0.2, -0.15) is 5.21 Å². The molecule has 45 heavy (non-hydrogen) atoms. The number of H-pyrrole nitrogens is 1. The van der Waals surface area contributed by atoms with Crippen molar-refractivity contribution in [2.75, 3.05) is 11.1 Å². The van der Waals surface area contributed by atoms with Gasteiger partial charge in [0.15, 0.2) is 16.4 Å². The summed E-state index contributed by atoms with van der Waals surface area (Å²) < 4.78 is 37.3. The fourth-order valence-corrected chi connectivity index (χ4v) is 6.58. The predicted molar refractivity (Wildman–Crippen MR) is 172 cm³/mol. The number of anilines is 1. The highest BCUT2D eigenvalue weighted by atomic mass is 35.5. The van der Waals surface area contributed by atoms with Crippen molar-refractivity contribution < 1.29 is 22.7 Å². The molecule has 234 valence electrons. The second-order valence-electron chi connectivity index (χ2n) is 10.5. The van der Waals surface area contributed by atoms with E-state index in [1.165, 1.54) is 23.5 Å². The van der Waals surface area contributed by atoms with E-state index in [1.54, 1.807) is 42.5 Å². The van der Waals surface area contributed by atoms with Crippen molar-refractivity contribution in [2.24, 2.45) is 0 Å². The lowest BCUT2D eigenvalue weighted by molar-refractivity contribution is 0.102. The van der Waals surface area contributed by atoms with Gasteiger partial charge in [0.2, 0.25) is 5.82 Å². The molecule has 5 rings (SSSR count). The smallest absolute Gasteiger partial charge is 0.273 e. The van der Waals surface area contributed by atoms with Gasteiger partial charge in [0.05, 0.1) is 22.0 Å². The molecule has 0 aliphatic heterocycles. The maximum absolute atomic E-state index is 13.4. The van der Waals surface area contributed by atoms with E-state index < -0.39 is 9.84 Å². The molecule has 0 unspecified atom stereocenters. The summed E-state index contributed by atoms with van der Waals surface area (Å²) in [5, 5.41) is 19.7. The van der Waals surface area contributed by atoms with Crippen molar-refractivity contribution in [3.63, 3.8) is 0 Å². The molecule has 1 amide bonds. The van der Waals surface area contributed by atoms with Crippen LogP contribution in [0.5, 0.6) is 10.9 Å². The number of aromatic nitrogens is 5. The number of rotatable bonds is 14. The van der Waals surface area contributed by atoms with Gasteiger partial charge in [-0.25, -0.2) is 13.4 Å². The minimum Gasteiger partial charge on any atom is -0.483 e. The van der Waals surface area contributed by atoms with Crippen molar-refractivity contribution in [3.05, 3.63) is 105 Å². The highest BCUT2D eigenvalue weighted by Crippen LogP contribution is 2.29. The van der Waals surface area contributed by atoms with E-state index in [-0.39, 0.29) is 29.8 Å². The van der Waals surface area contributed by atoms with E-state index in [1.807, 2.05) is 17.5 Å². The molecule has 0 bridgehead atoms. The lowest BCUT2D eigenvalue weighted by Crippen LogP contribution is -2.14. The molecule has 0 spiro atoms. The third kappa shape index (κ3) is 8.87. The van der Waals surface area contributed by atoms with E-state index in [2.05, 4.69) is 44.8 Å². The second-order valence-corrected chi connectivity index (χ2v) is 13.8. The van der Waals surface area contributed by atoms with Crippen LogP contribution < -0.4 is 14.8 Å². The lowest BCUT2D eigenvalue weighted by Gasteiger charge is -2.14. The van der Waals surface area contributed by atoms with Crippen LogP contribution >= 0.6 is 22.9 Å². The van der Waals surface area contributed by atoms with E-state index in [0.29, 0.717) is 51.8 Å². The number of nitrogens with one attached hydrogen (secondary N) is 2. The molecule has 11 nitrogen and oxygen atoms in total. The summed E-state index contributed by atoms with van der Waals surface area (Å²) in [5.41, 5.74) is 3.47. The first kappa shape index (κ1) is 32.1. The Morgan fingerprint density at radius 2 is 1.84 bits per heavy atom. The first-order chi connectivity index (χ1) is 21.7. The zero-order chi connectivity index (χ0) is 31.8. The van der Waals surface area contributed by atoms with Gasteiger partial charge in [-0.15, -0.1) is 10.2 Å². The molecule has 0 saturated carbocycles. The maximum Gasteiger partial charge on any atom is 0.273 e. The Morgan fingerprint density at radius 1 is 1.02 bits per heavy atom. The number of sulfone groups is 1. The number of carbonyl (C=O) groups is 1. The normalized spacial score (nSPS) is 11.5. The molecule has 0 atom stereocenters. The SMILES string of the molecule is CC(C)c1csc(OCc2cccc(C(=O)Nc3cc(CCCS(=O)(=O)c4ccc(Cl)cc4)ccc3OCc3nn[nH]n3)c2)n1. The Morgan fingerprint density at radius 3 is 2.58 bits per heavy atom. The molecule has 0 saturated heterocycles. The number of ether oxygens (including phenoxy) is 2. The topological polar surface area (TPSA) is 149 Å². The third-order valence-electron chi connectivity index (χ3n) is 6.73. The second kappa shape index (κ2) is 14.6. The number of benzene rings is 3. The number of halogens is 1. The molecular weight excluding hydrogens is 636 g/mol. The molecular formula is C31H31ClN6O5S2. The van der Waals surface area contributed by atoms with E-state index >= 15 is 0 Å². The van der Waals surface area contributed by atoms with Crippen LogP contribution in [-0.2, 0) is 29.5 Å². The van der Waals surface area contributed by atoms with Gasteiger partial charge in [-0.3, -0.25) is 4.79 Å². The van der Waals surface area contributed by atoms with Crippen LogP contribution in [0.2, 0.25) is 5.02 Å². The average Bonchev–Trinajstić information content (AvgIpc) is 3.73. The Kier molecular flexibility index (Phi) is 10.4. The van der Waals surface area contributed by atoms with Crippen molar-refractivity contribution >= 4 is 44.4 Å². The zero-order valence-electron chi connectivity index (χ0n) is 24.6. The standard InChI is InChI=1S/C31H31ClN6O5S2/c1-20(2)27-19-44-31(34-27)43-17-22-5-3-7-23(15-22)30(39)33-26-16-21(8-13-28(26)42-18-29-35-37-38-36-29)6-4-14-45(40,41)25-11-9-24(32)10-12-25/h3,5,7-13,15-16,19-20H,4,6,14,17-18H2,1-2H3,(H,33,39)(H,35,36,37,38). The predicted octanol–water partition coefficient (Wildman–Crippen LogP) is 6.25. The third-order valence-corrected chi connectivity index (χ3v) is 9.57. The van der Waals surface area contributed by atoms with Gasteiger partial charge >= 0.3 is 0 Å². The number of hydrogen-bond acceptors (Lipinski definition) is 10. The zero-order valence-corrected chi connectivity index (χ0v) is 27.0. The number of thiazole rings is 1. The molecule has 3 aromatic carbocycles. The van der Waals surface area contributed by atoms with Crippen LogP contribution in [0.25, 0.3) is 0 Å². The molecule has 0 fully saturated rings. The highest BCUT2D eigenvalue weighted by molar-refractivity contribution is 7.91. The van der Waals surface area contributed by atoms with Crippen molar-refractivity contribution in [2.45, 2.75) is 50.7 Å². The Labute approximate surface area is 269 Å². The Bertz CT molecular complexity index is 1840. The van der Waals surface area contributed by atoms with Crippen molar-refractivity contribution in [1.82, 2.24) is 25.6 Å². The summed E-state index contributed by atoms with van der Waals surface area (Å²) in [7, 11) is -3.47. The highest BCUT2D eigenvalue weighted by Gasteiger charge is 2.16. The van der Waals surface area contributed by atoms with Crippen LogP contribution in [-0.4, -0.2) is 45.7 Å². The lowest BCUT2D eigenvalue weighted by atomic mass is 10.1. The minimum absolute atomic E-state index is 0.0279. The first-order valence-electron chi connectivity index (χ1n) is 14.1. The quantitative estimate of drug-likeness (QED) is 0.140. The number of amides is 1. The molecule has 0 radical (unpaired) electrons. The van der Waals surface area contributed by atoms with Gasteiger partial charge in [-0.1, -0.05) is 60.2 Å². The molecule has 5 aromatic rings. The largest absolute Gasteiger partial charge is 0.483 e. The van der Waals surface area contributed by atoms with Gasteiger partial charge in [0.25, 0.3) is 11.1 Å². The van der Waals surface area contributed by atoms with Crippen LogP contribution in [0.3, 0.4) is 0 Å². The van der Waals surface area contributed by atoms with E-state index in [4.69, 9.17) is 21.1 Å². The van der Waals surface area contributed by atoms with Gasteiger partial charge in [0.1, 0.15) is 12.4 Å². The number of aromatic amines is 1. The molecule has 2 N–H and O–H groups in total. The van der Waals surface area contributed by atoms with Gasteiger partial charge in [0, 0.05) is 16.0 Å². The number of tetrazole rings is 1. The summed E-state index contributed by atoms with van der Waals surface area (Å²) in [4.78, 5) is 18.1. The molecule has 0 aliphatic carbocycles. The average molecular weight is 667 g/mol. The van der Waals surface area contributed by atoms with Gasteiger partial charge < -0.3 is 14.8 Å². The number of hydrogen-bond donors (Lipinski definition) is 2. The van der Waals surface area contributed by atoms with Crippen LogP contribution in [0, 0.1) is 0 Å². The number of aryl methyl sites for hydroxylation is 1. The number of nitrogens with zero attached hydrogens (tertiary/aromatic N) is 4. The molecule has 2 heterocycles. The van der Waals surface area contributed by atoms with Crippen LogP contribution in [0.1, 0.15) is 59.2 Å². The summed E-state index contributed by atoms with van der Waals surface area (Å²) in [6, 6.07) is 18.6. The Hall–Kier alpha value is -4.33. The fourth-order valence-electron chi connectivity index (χ4n) is 4.31. The summed E-state index contributed by atoms with van der Waals surface area (Å²) in [6.07, 6.45) is 0.837. The van der Waals surface area contributed by atoms with Gasteiger partial charge in [-0.05, 0) is 78.4 Å². The first-order valence-corrected chi connectivity index (χ1v) is 17.0. The van der Waals surface area contributed by atoms with Crippen molar-refractivity contribution in [1.29, 1.82) is 0 Å². The van der Waals surface area contributed by atoms with E-state index in [9.17, 15) is 13.2 Å². The van der Waals surface area contributed by atoms with Crippen molar-refractivity contribution in [3.8, 4) is 10.9 Å². The maximum atomic E-state index is 13.4. The monoisotopic (exact) mass is 666 g/mol. The number of carbonyl (C=O) groups excluding carboxylic acids is 1.